The standard InChI is InChI=1S/C19H20FN3OS/c1-24-12-11-23-18(13-15-5-3-2-4-6-15)21-22-19(23)25-14-16-7-9-17(20)10-8-16/h2-10H,11-14H2,1H3. The minimum Gasteiger partial charge on any atom is -0.383 e. The minimum absolute atomic E-state index is 0.220. The number of methoxy groups -OCH3 is 1. The second-order valence-corrected chi connectivity index (χ2v) is 6.56. The van der Waals surface area contributed by atoms with Crippen LogP contribution in [0.2, 0.25) is 0 Å². The Kier molecular flexibility index (Phi) is 6.19. The molecule has 1 aromatic heterocycles. The summed E-state index contributed by atoms with van der Waals surface area (Å²) in [6.07, 6.45) is 0.731. The number of hydrogen-bond donors (Lipinski definition) is 0. The van der Waals surface area contributed by atoms with Crippen LogP contribution in [0.5, 0.6) is 0 Å². The van der Waals surface area contributed by atoms with Crippen molar-refractivity contribution in [1.82, 2.24) is 14.8 Å². The van der Waals surface area contributed by atoms with E-state index in [9.17, 15) is 4.39 Å². The van der Waals surface area contributed by atoms with Gasteiger partial charge in [0.2, 0.25) is 0 Å². The summed E-state index contributed by atoms with van der Waals surface area (Å²) in [5, 5.41) is 9.57. The number of halogens is 1. The topological polar surface area (TPSA) is 39.9 Å². The summed E-state index contributed by atoms with van der Waals surface area (Å²) in [7, 11) is 1.69. The van der Waals surface area contributed by atoms with Crippen molar-refractivity contribution in [2.45, 2.75) is 23.9 Å². The number of nitrogens with zero attached hydrogens (tertiary/aromatic N) is 3. The van der Waals surface area contributed by atoms with Gasteiger partial charge in [-0.3, -0.25) is 0 Å². The highest BCUT2D eigenvalue weighted by atomic mass is 32.2. The van der Waals surface area contributed by atoms with Gasteiger partial charge < -0.3 is 9.30 Å². The number of thioether (sulfide) groups is 1. The van der Waals surface area contributed by atoms with Crippen LogP contribution in [0.1, 0.15) is 17.0 Å². The van der Waals surface area contributed by atoms with E-state index < -0.39 is 0 Å². The molecule has 25 heavy (non-hydrogen) atoms. The first-order valence-electron chi connectivity index (χ1n) is 8.08. The molecule has 3 aromatic rings. The minimum atomic E-state index is -0.220. The molecule has 0 fully saturated rings. The molecule has 0 aliphatic carbocycles. The van der Waals surface area contributed by atoms with Crippen LogP contribution in [0, 0.1) is 5.82 Å². The first-order valence-corrected chi connectivity index (χ1v) is 9.07. The van der Waals surface area contributed by atoms with Crippen LogP contribution < -0.4 is 0 Å². The van der Waals surface area contributed by atoms with Gasteiger partial charge in [0.25, 0.3) is 0 Å². The molecule has 0 unspecified atom stereocenters. The molecule has 0 radical (unpaired) electrons. The predicted octanol–water partition coefficient (Wildman–Crippen LogP) is 3.95. The number of benzene rings is 2. The molecular weight excluding hydrogens is 337 g/mol. The van der Waals surface area contributed by atoms with Gasteiger partial charge in [0.05, 0.1) is 6.61 Å². The smallest absolute Gasteiger partial charge is 0.191 e. The molecule has 2 aromatic carbocycles. The highest BCUT2D eigenvalue weighted by molar-refractivity contribution is 7.98. The third kappa shape index (κ3) is 4.90. The number of ether oxygens (including phenoxy) is 1. The third-order valence-electron chi connectivity index (χ3n) is 3.80. The second-order valence-electron chi connectivity index (χ2n) is 5.62. The van der Waals surface area contributed by atoms with Crippen molar-refractivity contribution in [2.75, 3.05) is 13.7 Å². The second kappa shape index (κ2) is 8.78. The zero-order chi connectivity index (χ0) is 17.5. The summed E-state index contributed by atoms with van der Waals surface area (Å²) >= 11 is 1.60. The van der Waals surface area contributed by atoms with Gasteiger partial charge in [-0.2, -0.15) is 0 Å². The van der Waals surface area contributed by atoms with Crippen LogP contribution in [-0.2, 0) is 23.5 Å². The monoisotopic (exact) mass is 357 g/mol. The van der Waals surface area contributed by atoms with Gasteiger partial charge in [-0.05, 0) is 23.3 Å². The van der Waals surface area contributed by atoms with Crippen molar-refractivity contribution in [3.05, 3.63) is 77.4 Å². The van der Waals surface area contributed by atoms with Crippen LogP contribution in [0.4, 0.5) is 4.39 Å². The lowest BCUT2D eigenvalue weighted by molar-refractivity contribution is 0.184. The quantitative estimate of drug-likeness (QED) is 0.573. The van der Waals surface area contributed by atoms with Gasteiger partial charge in [-0.1, -0.05) is 54.2 Å². The van der Waals surface area contributed by atoms with E-state index >= 15 is 0 Å². The first-order chi connectivity index (χ1) is 12.3. The molecule has 0 N–H and O–H groups in total. The molecule has 0 saturated carbocycles. The molecule has 1 heterocycles. The number of rotatable bonds is 8. The van der Waals surface area contributed by atoms with E-state index in [-0.39, 0.29) is 5.82 Å². The summed E-state index contributed by atoms with van der Waals surface area (Å²) < 4.78 is 20.3. The fraction of sp³-hybridized carbons (Fsp3) is 0.263. The van der Waals surface area contributed by atoms with Crippen LogP contribution in [0.3, 0.4) is 0 Å². The molecule has 3 rings (SSSR count). The van der Waals surface area contributed by atoms with Gasteiger partial charge in [0, 0.05) is 25.8 Å². The summed E-state index contributed by atoms with van der Waals surface area (Å²) in [4.78, 5) is 0. The largest absolute Gasteiger partial charge is 0.383 e. The Labute approximate surface area is 151 Å². The van der Waals surface area contributed by atoms with Crippen molar-refractivity contribution in [3.63, 3.8) is 0 Å². The molecule has 0 atom stereocenters. The Hall–Kier alpha value is -2.18. The maximum atomic E-state index is 13.0. The lowest BCUT2D eigenvalue weighted by Gasteiger charge is -2.10. The Bertz CT molecular complexity index is 790. The summed E-state index contributed by atoms with van der Waals surface area (Å²) in [5.41, 5.74) is 2.25. The van der Waals surface area contributed by atoms with Gasteiger partial charge in [-0.15, -0.1) is 10.2 Å². The van der Waals surface area contributed by atoms with Gasteiger partial charge in [-0.25, -0.2) is 4.39 Å². The van der Waals surface area contributed by atoms with E-state index in [2.05, 4.69) is 26.9 Å². The van der Waals surface area contributed by atoms with Gasteiger partial charge in [0.15, 0.2) is 5.16 Å². The first kappa shape index (κ1) is 17.6. The molecule has 6 heteroatoms. The van der Waals surface area contributed by atoms with Crippen molar-refractivity contribution in [2.24, 2.45) is 0 Å². The summed E-state index contributed by atoms with van der Waals surface area (Å²) in [6.45, 7) is 1.31. The molecule has 0 amide bonds. The van der Waals surface area contributed by atoms with E-state index in [0.29, 0.717) is 13.2 Å². The van der Waals surface area contributed by atoms with Crippen LogP contribution in [-0.4, -0.2) is 28.5 Å². The molecule has 4 nitrogen and oxygen atoms in total. The highest BCUT2D eigenvalue weighted by Gasteiger charge is 2.13. The summed E-state index contributed by atoms with van der Waals surface area (Å²) in [6, 6.07) is 16.8. The van der Waals surface area contributed by atoms with Crippen LogP contribution in [0.25, 0.3) is 0 Å². The molecule has 0 aliphatic rings. The molecule has 0 bridgehead atoms. The van der Waals surface area contributed by atoms with Crippen molar-refractivity contribution < 1.29 is 9.13 Å². The van der Waals surface area contributed by atoms with E-state index in [1.165, 1.54) is 17.7 Å². The van der Waals surface area contributed by atoms with Crippen molar-refractivity contribution >= 4 is 11.8 Å². The summed E-state index contributed by atoms with van der Waals surface area (Å²) in [5.74, 6) is 1.42. The Morgan fingerprint density at radius 2 is 1.76 bits per heavy atom. The molecule has 0 saturated heterocycles. The maximum Gasteiger partial charge on any atom is 0.191 e. The number of hydrogen-bond acceptors (Lipinski definition) is 4. The SMILES string of the molecule is COCCn1c(Cc2ccccc2)nnc1SCc1ccc(F)cc1. The Morgan fingerprint density at radius 3 is 2.48 bits per heavy atom. The average Bonchev–Trinajstić information content (AvgIpc) is 3.02. The highest BCUT2D eigenvalue weighted by Crippen LogP contribution is 2.23. The van der Waals surface area contributed by atoms with E-state index in [1.54, 1.807) is 31.0 Å². The fourth-order valence-corrected chi connectivity index (χ4v) is 3.41. The zero-order valence-electron chi connectivity index (χ0n) is 14.1. The fourth-order valence-electron chi connectivity index (χ4n) is 2.47. The lowest BCUT2D eigenvalue weighted by atomic mass is 10.1. The lowest BCUT2D eigenvalue weighted by Crippen LogP contribution is -2.10. The molecule has 130 valence electrons. The van der Waals surface area contributed by atoms with Gasteiger partial charge >= 0.3 is 0 Å². The normalized spacial score (nSPS) is 11.0. The molecule has 0 aliphatic heterocycles. The average molecular weight is 357 g/mol. The van der Waals surface area contributed by atoms with E-state index in [1.807, 2.05) is 18.2 Å². The molecular formula is C19H20FN3OS. The maximum absolute atomic E-state index is 13.0. The van der Waals surface area contributed by atoms with E-state index in [0.717, 1.165) is 28.7 Å². The van der Waals surface area contributed by atoms with Crippen LogP contribution >= 0.6 is 11.8 Å². The van der Waals surface area contributed by atoms with Crippen molar-refractivity contribution in [1.29, 1.82) is 0 Å². The third-order valence-corrected chi connectivity index (χ3v) is 4.84. The molecule has 0 spiro atoms. The van der Waals surface area contributed by atoms with E-state index in [4.69, 9.17) is 4.74 Å². The zero-order valence-corrected chi connectivity index (χ0v) is 14.9. The Morgan fingerprint density at radius 1 is 1.00 bits per heavy atom. The van der Waals surface area contributed by atoms with Crippen molar-refractivity contribution in [3.8, 4) is 0 Å². The predicted molar refractivity (Wildman–Crippen MR) is 97.1 cm³/mol. The number of aromatic nitrogens is 3. The van der Waals surface area contributed by atoms with Gasteiger partial charge in [0.1, 0.15) is 11.6 Å². The Balaban J connectivity index is 1.74. The van der Waals surface area contributed by atoms with Crippen LogP contribution in [0.15, 0.2) is 59.8 Å².